The van der Waals surface area contributed by atoms with Crippen LogP contribution in [0.4, 0.5) is 0 Å². The number of rotatable bonds is 5. The van der Waals surface area contributed by atoms with Crippen LogP contribution in [0.25, 0.3) is 0 Å². The molecule has 1 saturated carbocycles. The first-order chi connectivity index (χ1) is 12.8. The molecule has 0 aromatic rings. The van der Waals surface area contributed by atoms with Crippen LogP contribution in [0.3, 0.4) is 0 Å². The third kappa shape index (κ3) is 4.13. The van der Waals surface area contributed by atoms with E-state index < -0.39 is 8.07 Å². The molecule has 0 N–H and O–H groups in total. The van der Waals surface area contributed by atoms with Gasteiger partial charge in [0.2, 0.25) is 0 Å². The molecule has 1 aliphatic heterocycles. The van der Waals surface area contributed by atoms with Crippen molar-refractivity contribution in [2.75, 3.05) is 0 Å². The summed E-state index contributed by atoms with van der Waals surface area (Å²) in [4.78, 5) is 0. The Balaban J connectivity index is 0.00000150. The molecule has 3 unspecified atom stereocenters. The SMILES string of the molecule is CCC[Si]1(C2C3=CC=CCC3C[CH]2[Ti+2][C]2=C(C)C(C)=C(C)C2(C)C)CCC1.[Cl-].[Cl-]. The zero-order chi connectivity index (χ0) is 19.4. The number of hydrogen-bond donors (Lipinski definition) is 0. The number of halogens is 2. The van der Waals surface area contributed by atoms with E-state index in [0.717, 1.165) is 15.7 Å². The van der Waals surface area contributed by atoms with Gasteiger partial charge in [-0.15, -0.1) is 0 Å². The van der Waals surface area contributed by atoms with E-state index in [0.29, 0.717) is 5.41 Å². The third-order valence-electron chi connectivity index (χ3n) is 8.77. The van der Waals surface area contributed by atoms with E-state index in [1.54, 1.807) is 34.9 Å². The van der Waals surface area contributed by atoms with E-state index in [4.69, 9.17) is 0 Å². The first-order valence-corrected chi connectivity index (χ1v) is 15.7. The minimum atomic E-state index is -1.06. The molecule has 0 aromatic carbocycles. The maximum Gasteiger partial charge on any atom is -1.00 e. The fraction of sp³-hybridized carbons (Fsp3) is 0.680. The van der Waals surface area contributed by atoms with Gasteiger partial charge in [-0.2, -0.15) is 0 Å². The van der Waals surface area contributed by atoms with E-state index in [1.807, 2.05) is 9.45 Å². The second-order valence-corrected chi connectivity index (χ2v) is 17.6. The second-order valence-electron chi connectivity index (χ2n) is 10.3. The quantitative estimate of drug-likeness (QED) is 0.524. The molecule has 1 saturated heterocycles. The van der Waals surface area contributed by atoms with Gasteiger partial charge in [-0.3, -0.25) is 0 Å². The number of hydrogen-bond acceptors (Lipinski definition) is 0. The van der Waals surface area contributed by atoms with Gasteiger partial charge in [-0.1, -0.05) is 0 Å². The predicted octanol–water partition coefficient (Wildman–Crippen LogP) is 2.05. The van der Waals surface area contributed by atoms with Crippen LogP contribution in [0.1, 0.15) is 67.2 Å². The first-order valence-electron chi connectivity index (χ1n) is 11.3. The van der Waals surface area contributed by atoms with Crippen molar-refractivity contribution in [1.82, 2.24) is 0 Å². The fourth-order valence-corrected chi connectivity index (χ4v) is 17.8. The van der Waals surface area contributed by atoms with E-state index in [-0.39, 0.29) is 44.0 Å². The van der Waals surface area contributed by atoms with Crippen LogP contribution in [-0.2, 0) is 19.2 Å². The van der Waals surface area contributed by atoms with E-state index in [2.05, 4.69) is 59.8 Å². The minimum absolute atomic E-state index is 0. The molecule has 4 aliphatic rings. The van der Waals surface area contributed by atoms with Crippen LogP contribution < -0.4 is 24.8 Å². The predicted molar refractivity (Wildman–Crippen MR) is 117 cm³/mol. The molecule has 0 amide bonds. The summed E-state index contributed by atoms with van der Waals surface area (Å²) < 4.78 is 2.95. The minimum Gasteiger partial charge on any atom is -1.00 e. The number of fused-ring (bicyclic) bond motifs is 1. The first kappa shape index (κ1) is 25.7. The van der Waals surface area contributed by atoms with E-state index in [1.165, 1.54) is 25.7 Å². The molecule has 0 aromatic heterocycles. The summed E-state index contributed by atoms with van der Waals surface area (Å²) in [7, 11) is -1.06. The van der Waals surface area contributed by atoms with Crippen molar-refractivity contribution in [3.63, 3.8) is 0 Å². The van der Waals surface area contributed by atoms with E-state index >= 15 is 0 Å². The van der Waals surface area contributed by atoms with Gasteiger partial charge in [0.15, 0.2) is 0 Å². The molecule has 29 heavy (non-hydrogen) atoms. The molecule has 0 nitrogen and oxygen atoms in total. The molecule has 0 radical (unpaired) electrons. The standard InChI is InChI=1S/C15H23Si.C10H15.2ClH.Ti/c1-2-10-16(11-5-12-16)15-9-8-13-6-3-4-7-14(13)15;1-7-6-10(4,5)9(3)8(7)2;;;/h3-4,7,9,13,15H,2,5-6,8,10-12H2,1H3;1-5H3;2*1H;/q;;;;+2/p-2. The van der Waals surface area contributed by atoms with Gasteiger partial charge in [-0.05, 0) is 0 Å². The van der Waals surface area contributed by atoms with Crippen molar-refractivity contribution < 1.29 is 44.0 Å². The topological polar surface area (TPSA) is 0 Å². The Hall–Kier alpha value is 0.471. The van der Waals surface area contributed by atoms with Crippen molar-refractivity contribution >= 4 is 8.07 Å². The van der Waals surface area contributed by atoms with Crippen LogP contribution in [0, 0.1) is 11.3 Å². The maximum absolute atomic E-state index is 2.59. The van der Waals surface area contributed by atoms with Crippen molar-refractivity contribution in [1.29, 1.82) is 0 Å². The fourth-order valence-electron chi connectivity index (χ4n) is 6.79. The molecular weight excluding hydrogens is 447 g/mol. The molecular formula is C25H38Cl2SiTi. The van der Waals surface area contributed by atoms with Gasteiger partial charge >= 0.3 is 178 Å². The molecule has 1 heterocycles. The maximum atomic E-state index is 2.59. The van der Waals surface area contributed by atoms with Gasteiger partial charge in [0, 0.05) is 0 Å². The zero-order valence-corrected chi connectivity index (χ0v) is 23.2. The molecule has 2 fully saturated rings. The number of allylic oxidation sites excluding steroid dienone is 8. The average Bonchev–Trinajstić information content (AvgIpc) is 3.04. The van der Waals surface area contributed by atoms with Gasteiger partial charge in [0.25, 0.3) is 0 Å². The summed E-state index contributed by atoms with van der Waals surface area (Å²) in [6.07, 6.45) is 13.2. The van der Waals surface area contributed by atoms with Gasteiger partial charge in [-0.25, -0.2) is 0 Å². The second kappa shape index (κ2) is 9.53. The van der Waals surface area contributed by atoms with Crippen molar-refractivity contribution in [3.05, 3.63) is 44.4 Å². The van der Waals surface area contributed by atoms with Crippen LogP contribution >= 0.6 is 0 Å². The van der Waals surface area contributed by atoms with Crippen molar-refractivity contribution in [2.45, 2.75) is 95.1 Å². The van der Waals surface area contributed by atoms with Crippen LogP contribution in [0.2, 0.25) is 27.9 Å². The van der Waals surface area contributed by atoms with Gasteiger partial charge in [0.1, 0.15) is 0 Å². The molecule has 4 rings (SSSR count). The molecule has 3 aliphatic carbocycles. The Bertz CT molecular complexity index is 755. The Labute approximate surface area is 201 Å². The monoisotopic (exact) mass is 484 g/mol. The molecule has 160 valence electrons. The summed E-state index contributed by atoms with van der Waals surface area (Å²) in [6, 6.07) is 4.88. The van der Waals surface area contributed by atoms with Crippen LogP contribution in [-0.4, -0.2) is 8.07 Å². The average molecular weight is 485 g/mol. The van der Waals surface area contributed by atoms with Crippen LogP contribution in [0.5, 0.6) is 0 Å². The summed E-state index contributed by atoms with van der Waals surface area (Å²) >= 11 is -0.0624. The normalized spacial score (nSPS) is 31.4. The zero-order valence-electron chi connectivity index (χ0n) is 19.2. The Morgan fingerprint density at radius 2 is 1.79 bits per heavy atom. The summed E-state index contributed by atoms with van der Waals surface area (Å²) in [5.41, 5.74) is 8.24. The summed E-state index contributed by atoms with van der Waals surface area (Å²) in [5, 5.41) is 0. The molecule has 0 spiro atoms. The Morgan fingerprint density at radius 1 is 1.10 bits per heavy atom. The third-order valence-corrected chi connectivity index (χ3v) is 19.0. The van der Waals surface area contributed by atoms with Gasteiger partial charge in [0.05, 0.1) is 0 Å². The smallest absolute Gasteiger partial charge is 1.00 e. The van der Waals surface area contributed by atoms with Crippen molar-refractivity contribution in [3.8, 4) is 0 Å². The van der Waals surface area contributed by atoms with Gasteiger partial charge < -0.3 is 24.8 Å². The van der Waals surface area contributed by atoms with Crippen molar-refractivity contribution in [2.24, 2.45) is 11.3 Å². The molecule has 0 bridgehead atoms. The largest absolute Gasteiger partial charge is 1.00 e. The molecule has 4 heteroatoms. The Morgan fingerprint density at radius 3 is 2.31 bits per heavy atom. The summed E-state index contributed by atoms with van der Waals surface area (Å²) in [6.45, 7) is 14.7. The Kier molecular flexibility index (Phi) is 8.46. The molecule has 3 atom stereocenters. The van der Waals surface area contributed by atoms with E-state index in [9.17, 15) is 0 Å². The van der Waals surface area contributed by atoms with Crippen LogP contribution in [0.15, 0.2) is 44.4 Å². The summed E-state index contributed by atoms with van der Waals surface area (Å²) in [5.74, 6) is 0.899.